The number of hydrogen-bond donors (Lipinski definition) is 1. The van der Waals surface area contributed by atoms with Crippen molar-refractivity contribution in [1.29, 1.82) is 0 Å². The van der Waals surface area contributed by atoms with Crippen molar-refractivity contribution in [1.82, 2.24) is 0 Å². The van der Waals surface area contributed by atoms with E-state index in [1.54, 1.807) is 14.2 Å². The van der Waals surface area contributed by atoms with Crippen LogP contribution in [0, 0.1) is 0 Å². The van der Waals surface area contributed by atoms with Gasteiger partial charge in [0.2, 0.25) is 0 Å². The Labute approximate surface area is 107 Å². The Kier molecular flexibility index (Phi) is 3.20. The number of aliphatic carboxylic acids is 1. The van der Waals surface area contributed by atoms with Crippen LogP contribution in [0.1, 0.15) is 30.9 Å². The molecule has 0 aliphatic heterocycles. The number of carbonyl (C=O) groups is 1. The molecule has 0 aromatic heterocycles. The summed E-state index contributed by atoms with van der Waals surface area (Å²) < 4.78 is 10.6. The molecular formula is C14H18O4. The van der Waals surface area contributed by atoms with E-state index in [2.05, 4.69) is 0 Å². The summed E-state index contributed by atoms with van der Waals surface area (Å²) in [5.74, 6) is 0.707. The van der Waals surface area contributed by atoms with E-state index in [-0.39, 0.29) is 11.8 Å². The average molecular weight is 250 g/mol. The topological polar surface area (TPSA) is 55.8 Å². The third-order valence-electron chi connectivity index (χ3n) is 3.70. The van der Waals surface area contributed by atoms with Crippen LogP contribution in [0.3, 0.4) is 0 Å². The first-order valence-corrected chi connectivity index (χ1v) is 5.97. The van der Waals surface area contributed by atoms with Crippen molar-refractivity contribution in [2.45, 2.75) is 31.6 Å². The second-order valence-corrected chi connectivity index (χ2v) is 4.99. The van der Waals surface area contributed by atoms with Gasteiger partial charge >= 0.3 is 5.97 Å². The van der Waals surface area contributed by atoms with E-state index in [1.807, 2.05) is 19.1 Å². The van der Waals surface area contributed by atoms with Gasteiger partial charge in [0.15, 0.2) is 0 Å². The van der Waals surface area contributed by atoms with Crippen LogP contribution in [0.15, 0.2) is 12.1 Å². The maximum Gasteiger partial charge on any atom is 0.304 e. The summed E-state index contributed by atoms with van der Waals surface area (Å²) >= 11 is 0. The zero-order valence-corrected chi connectivity index (χ0v) is 10.9. The molecule has 4 nitrogen and oxygen atoms in total. The fourth-order valence-corrected chi connectivity index (χ4v) is 2.85. The number of rotatable bonds is 4. The molecule has 1 N–H and O–H groups in total. The first-order valence-electron chi connectivity index (χ1n) is 5.97. The van der Waals surface area contributed by atoms with Gasteiger partial charge in [0.1, 0.15) is 11.5 Å². The van der Waals surface area contributed by atoms with Crippen LogP contribution < -0.4 is 9.47 Å². The molecule has 98 valence electrons. The lowest BCUT2D eigenvalue weighted by atomic mass is 9.80. The predicted octanol–water partition coefficient (Wildman–Crippen LogP) is 2.38. The fourth-order valence-electron chi connectivity index (χ4n) is 2.85. The number of aryl methyl sites for hydroxylation is 1. The molecule has 18 heavy (non-hydrogen) atoms. The van der Waals surface area contributed by atoms with E-state index >= 15 is 0 Å². The Morgan fingerprint density at radius 1 is 1.39 bits per heavy atom. The number of benzene rings is 1. The van der Waals surface area contributed by atoms with Gasteiger partial charge in [-0.3, -0.25) is 4.79 Å². The lowest BCUT2D eigenvalue weighted by molar-refractivity contribution is -0.138. The van der Waals surface area contributed by atoms with E-state index in [4.69, 9.17) is 14.6 Å². The molecule has 1 unspecified atom stereocenters. The predicted molar refractivity (Wildman–Crippen MR) is 67.5 cm³/mol. The minimum atomic E-state index is -0.775. The van der Waals surface area contributed by atoms with Crippen LogP contribution >= 0.6 is 0 Å². The zero-order chi connectivity index (χ0) is 13.3. The second-order valence-electron chi connectivity index (χ2n) is 4.99. The van der Waals surface area contributed by atoms with Crippen molar-refractivity contribution >= 4 is 5.97 Å². The van der Waals surface area contributed by atoms with E-state index < -0.39 is 5.97 Å². The maximum absolute atomic E-state index is 11.0. The minimum absolute atomic E-state index is 0.128. The summed E-state index contributed by atoms with van der Waals surface area (Å²) in [6.45, 7) is 1.99. The van der Waals surface area contributed by atoms with Gasteiger partial charge in [-0.2, -0.15) is 0 Å². The number of carboxylic acid groups (broad SMARTS) is 1. The van der Waals surface area contributed by atoms with E-state index in [9.17, 15) is 4.79 Å². The SMILES string of the molecule is COc1cc2c(c(OC)c1)C(C)(CC(=O)O)CC2. The monoisotopic (exact) mass is 250 g/mol. The number of methoxy groups -OCH3 is 2. The van der Waals surface area contributed by atoms with Gasteiger partial charge in [-0.15, -0.1) is 0 Å². The molecule has 0 heterocycles. The van der Waals surface area contributed by atoms with Crippen LogP contribution in [-0.2, 0) is 16.6 Å². The van der Waals surface area contributed by atoms with E-state index in [0.29, 0.717) is 0 Å². The summed E-state index contributed by atoms with van der Waals surface area (Å²) in [5, 5.41) is 9.06. The zero-order valence-electron chi connectivity index (χ0n) is 10.9. The van der Waals surface area contributed by atoms with Gasteiger partial charge in [0.05, 0.1) is 20.6 Å². The Hall–Kier alpha value is -1.71. The summed E-state index contributed by atoms with van der Waals surface area (Å²) in [5.41, 5.74) is 1.81. The number of carboxylic acids is 1. The third kappa shape index (κ3) is 2.03. The Bertz CT molecular complexity index is 481. The van der Waals surface area contributed by atoms with Crippen molar-refractivity contribution in [3.05, 3.63) is 23.3 Å². The van der Waals surface area contributed by atoms with Gasteiger partial charge in [-0.25, -0.2) is 0 Å². The van der Waals surface area contributed by atoms with Crippen LogP contribution in [0.4, 0.5) is 0 Å². The number of fused-ring (bicyclic) bond motifs is 1. The van der Waals surface area contributed by atoms with Gasteiger partial charge in [-0.05, 0) is 24.5 Å². The summed E-state index contributed by atoms with van der Waals surface area (Å²) in [7, 11) is 3.22. The Morgan fingerprint density at radius 3 is 2.67 bits per heavy atom. The van der Waals surface area contributed by atoms with Crippen molar-refractivity contribution < 1.29 is 19.4 Å². The molecule has 1 atom stereocenters. The molecule has 0 fully saturated rings. The highest BCUT2D eigenvalue weighted by atomic mass is 16.5. The standard InChI is InChI=1S/C14H18O4/c1-14(8-12(15)16)5-4-9-6-10(17-2)7-11(18-3)13(9)14/h6-7H,4-5,8H2,1-3H3,(H,15,16). The van der Waals surface area contributed by atoms with Crippen molar-refractivity contribution in [3.63, 3.8) is 0 Å². The molecule has 0 radical (unpaired) electrons. The van der Waals surface area contributed by atoms with Crippen molar-refractivity contribution in [2.24, 2.45) is 0 Å². The van der Waals surface area contributed by atoms with E-state index in [1.165, 1.54) is 0 Å². The normalized spacial score (nSPS) is 21.5. The highest BCUT2D eigenvalue weighted by Gasteiger charge is 2.39. The quantitative estimate of drug-likeness (QED) is 0.891. The number of hydrogen-bond acceptors (Lipinski definition) is 3. The molecule has 1 aliphatic rings. The molecule has 1 aromatic carbocycles. The molecular weight excluding hydrogens is 232 g/mol. The second kappa shape index (κ2) is 4.52. The lowest BCUT2D eigenvalue weighted by Crippen LogP contribution is -2.23. The highest BCUT2D eigenvalue weighted by Crippen LogP contribution is 2.47. The van der Waals surface area contributed by atoms with E-state index in [0.717, 1.165) is 35.5 Å². The minimum Gasteiger partial charge on any atom is -0.497 e. The summed E-state index contributed by atoms with van der Waals surface area (Å²) in [4.78, 5) is 11.0. The molecule has 0 spiro atoms. The molecule has 0 saturated carbocycles. The summed E-state index contributed by atoms with van der Waals surface area (Å²) in [6.07, 6.45) is 1.83. The molecule has 0 bridgehead atoms. The van der Waals surface area contributed by atoms with Crippen LogP contribution in [0.25, 0.3) is 0 Å². The maximum atomic E-state index is 11.0. The molecule has 1 aliphatic carbocycles. The van der Waals surface area contributed by atoms with Crippen LogP contribution in [-0.4, -0.2) is 25.3 Å². The molecule has 4 heteroatoms. The molecule has 1 aromatic rings. The lowest BCUT2D eigenvalue weighted by Gasteiger charge is -2.25. The van der Waals surface area contributed by atoms with Crippen molar-refractivity contribution in [2.75, 3.05) is 14.2 Å². The Balaban J connectivity index is 2.51. The highest BCUT2D eigenvalue weighted by molar-refractivity contribution is 5.70. The Morgan fingerprint density at radius 2 is 2.11 bits per heavy atom. The molecule has 0 saturated heterocycles. The largest absolute Gasteiger partial charge is 0.497 e. The molecule has 0 amide bonds. The van der Waals surface area contributed by atoms with Gasteiger partial charge in [-0.1, -0.05) is 6.92 Å². The van der Waals surface area contributed by atoms with Gasteiger partial charge in [0.25, 0.3) is 0 Å². The van der Waals surface area contributed by atoms with Gasteiger partial charge < -0.3 is 14.6 Å². The third-order valence-corrected chi connectivity index (χ3v) is 3.70. The smallest absolute Gasteiger partial charge is 0.304 e. The van der Waals surface area contributed by atoms with Crippen LogP contribution in [0.2, 0.25) is 0 Å². The van der Waals surface area contributed by atoms with Crippen LogP contribution in [0.5, 0.6) is 11.5 Å². The fraction of sp³-hybridized carbons (Fsp3) is 0.500. The van der Waals surface area contributed by atoms with Gasteiger partial charge in [0, 0.05) is 17.0 Å². The number of ether oxygens (including phenoxy) is 2. The average Bonchev–Trinajstić information content (AvgIpc) is 2.65. The first kappa shape index (κ1) is 12.7. The van der Waals surface area contributed by atoms with Crippen molar-refractivity contribution in [3.8, 4) is 11.5 Å². The molecule has 2 rings (SSSR count). The first-order chi connectivity index (χ1) is 8.50. The summed E-state index contributed by atoms with van der Waals surface area (Å²) in [6, 6.07) is 3.80.